The third-order valence-corrected chi connectivity index (χ3v) is 3.45. The molecule has 0 spiro atoms. The first-order valence-corrected chi connectivity index (χ1v) is 6.27. The van der Waals surface area contributed by atoms with Crippen LogP contribution in [0, 0.1) is 6.92 Å². The third kappa shape index (κ3) is 2.44. The SMILES string of the molecule is COc1ccc(C(CN)c2cc[nH]c2)c(OC)c1C. The minimum atomic E-state index is 0.116. The second-order valence-corrected chi connectivity index (χ2v) is 4.45. The molecule has 0 radical (unpaired) electrons. The van der Waals surface area contributed by atoms with Crippen molar-refractivity contribution < 1.29 is 9.47 Å². The van der Waals surface area contributed by atoms with E-state index >= 15 is 0 Å². The molecule has 4 heteroatoms. The van der Waals surface area contributed by atoms with E-state index in [-0.39, 0.29) is 5.92 Å². The first-order chi connectivity index (χ1) is 9.22. The van der Waals surface area contributed by atoms with Crippen LogP contribution >= 0.6 is 0 Å². The number of rotatable bonds is 5. The molecule has 1 heterocycles. The second-order valence-electron chi connectivity index (χ2n) is 4.45. The van der Waals surface area contributed by atoms with Crippen LogP contribution in [0.25, 0.3) is 0 Å². The Morgan fingerprint density at radius 3 is 2.53 bits per heavy atom. The monoisotopic (exact) mass is 260 g/mol. The van der Waals surface area contributed by atoms with Crippen LogP contribution in [0.4, 0.5) is 0 Å². The van der Waals surface area contributed by atoms with Crippen LogP contribution in [0.3, 0.4) is 0 Å². The summed E-state index contributed by atoms with van der Waals surface area (Å²) >= 11 is 0. The lowest BCUT2D eigenvalue weighted by Crippen LogP contribution is -2.14. The lowest BCUT2D eigenvalue weighted by Gasteiger charge is -2.20. The van der Waals surface area contributed by atoms with Gasteiger partial charge in [0.25, 0.3) is 0 Å². The molecule has 0 aliphatic heterocycles. The summed E-state index contributed by atoms with van der Waals surface area (Å²) in [5.74, 6) is 1.78. The molecular weight excluding hydrogens is 240 g/mol. The lowest BCUT2D eigenvalue weighted by molar-refractivity contribution is 0.384. The number of hydrogen-bond acceptors (Lipinski definition) is 3. The van der Waals surface area contributed by atoms with Crippen LogP contribution < -0.4 is 15.2 Å². The van der Waals surface area contributed by atoms with Crippen LogP contribution in [0.1, 0.15) is 22.6 Å². The zero-order valence-electron chi connectivity index (χ0n) is 11.6. The van der Waals surface area contributed by atoms with E-state index in [1.54, 1.807) is 14.2 Å². The summed E-state index contributed by atoms with van der Waals surface area (Å²) in [6.45, 7) is 2.52. The Kier molecular flexibility index (Phi) is 4.12. The Balaban J connectivity index is 2.52. The van der Waals surface area contributed by atoms with Crippen LogP contribution in [-0.2, 0) is 0 Å². The van der Waals surface area contributed by atoms with Gasteiger partial charge in [-0.05, 0) is 24.6 Å². The van der Waals surface area contributed by atoms with Gasteiger partial charge in [-0.25, -0.2) is 0 Å². The molecule has 1 atom stereocenters. The number of benzene rings is 1. The van der Waals surface area contributed by atoms with E-state index in [1.165, 1.54) is 0 Å². The van der Waals surface area contributed by atoms with E-state index in [2.05, 4.69) is 4.98 Å². The minimum Gasteiger partial charge on any atom is -0.496 e. The summed E-state index contributed by atoms with van der Waals surface area (Å²) in [5, 5.41) is 0. The van der Waals surface area contributed by atoms with Gasteiger partial charge in [-0.3, -0.25) is 0 Å². The fourth-order valence-corrected chi connectivity index (χ4v) is 2.46. The van der Waals surface area contributed by atoms with Crippen LogP contribution in [0.2, 0.25) is 0 Å². The van der Waals surface area contributed by atoms with Crippen molar-refractivity contribution in [2.45, 2.75) is 12.8 Å². The number of hydrogen-bond donors (Lipinski definition) is 2. The van der Waals surface area contributed by atoms with Crippen molar-refractivity contribution >= 4 is 0 Å². The fraction of sp³-hybridized carbons (Fsp3) is 0.333. The molecule has 3 N–H and O–H groups in total. The topological polar surface area (TPSA) is 60.3 Å². The predicted octanol–water partition coefficient (Wildman–Crippen LogP) is 2.43. The maximum absolute atomic E-state index is 5.94. The molecule has 0 saturated carbocycles. The average molecular weight is 260 g/mol. The Bertz CT molecular complexity index is 535. The molecule has 2 rings (SSSR count). The molecule has 102 valence electrons. The lowest BCUT2D eigenvalue weighted by atomic mass is 9.91. The second kappa shape index (κ2) is 5.80. The first kappa shape index (κ1) is 13.5. The number of aromatic amines is 1. The number of H-pyrrole nitrogens is 1. The molecular formula is C15H20N2O2. The Hall–Kier alpha value is -1.94. The summed E-state index contributed by atoms with van der Waals surface area (Å²) in [6.07, 6.45) is 3.87. The van der Waals surface area contributed by atoms with E-state index in [0.717, 1.165) is 28.2 Å². The summed E-state index contributed by atoms with van der Waals surface area (Å²) < 4.78 is 10.9. The number of nitrogens with one attached hydrogen (secondary N) is 1. The quantitative estimate of drug-likeness (QED) is 0.868. The van der Waals surface area contributed by atoms with Crippen molar-refractivity contribution in [1.29, 1.82) is 0 Å². The molecule has 1 aromatic heterocycles. The molecule has 0 amide bonds. The van der Waals surface area contributed by atoms with Gasteiger partial charge >= 0.3 is 0 Å². The van der Waals surface area contributed by atoms with E-state index in [4.69, 9.17) is 15.2 Å². The van der Waals surface area contributed by atoms with E-state index in [1.807, 2.05) is 37.5 Å². The Morgan fingerprint density at radius 1 is 1.21 bits per heavy atom. The van der Waals surface area contributed by atoms with Gasteiger partial charge in [-0.15, -0.1) is 0 Å². The maximum Gasteiger partial charge on any atom is 0.129 e. The van der Waals surface area contributed by atoms with E-state index in [0.29, 0.717) is 6.54 Å². The van der Waals surface area contributed by atoms with Crippen molar-refractivity contribution in [2.24, 2.45) is 5.73 Å². The van der Waals surface area contributed by atoms with Gasteiger partial charge in [0.15, 0.2) is 0 Å². The van der Waals surface area contributed by atoms with Gasteiger partial charge in [0.05, 0.1) is 14.2 Å². The van der Waals surface area contributed by atoms with E-state index in [9.17, 15) is 0 Å². The number of methoxy groups -OCH3 is 2. The van der Waals surface area contributed by atoms with Crippen LogP contribution in [-0.4, -0.2) is 25.7 Å². The zero-order valence-corrected chi connectivity index (χ0v) is 11.6. The van der Waals surface area contributed by atoms with Crippen molar-refractivity contribution in [3.05, 3.63) is 47.3 Å². The molecule has 0 fully saturated rings. The molecule has 0 saturated heterocycles. The third-order valence-electron chi connectivity index (χ3n) is 3.45. The smallest absolute Gasteiger partial charge is 0.129 e. The summed E-state index contributed by atoms with van der Waals surface area (Å²) in [7, 11) is 3.34. The molecule has 4 nitrogen and oxygen atoms in total. The highest BCUT2D eigenvalue weighted by Crippen LogP contribution is 2.37. The maximum atomic E-state index is 5.94. The first-order valence-electron chi connectivity index (χ1n) is 6.27. The number of ether oxygens (including phenoxy) is 2. The molecule has 1 unspecified atom stereocenters. The van der Waals surface area contributed by atoms with Gasteiger partial charge in [0, 0.05) is 36.0 Å². The molecule has 19 heavy (non-hydrogen) atoms. The zero-order chi connectivity index (χ0) is 13.8. The van der Waals surface area contributed by atoms with Gasteiger partial charge in [0.2, 0.25) is 0 Å². The van der Waals surface area contributed by atoms with Crippen molar-refractivity contribution in [1.82, 2.24) is 4.98 Å². The van der Waals surface area contributed by atoms with Crippen LogP contribution in [0.5, 0.6) is 11.5 Å². The minimum absolute atomic E-state index is 0.116. The Morgan fingerprint density at radius 2 is 2.00 bits per heavy atom. The fourth-order valence-electron chi connectivity index (χ4n) is 2.46. The molecule has 0 aliphatic carbocycles. The standard InChI is InChI=1S/C15H20N2O2/c1-10-14(18-2)5-4-12(15(10)19-3)13(8-16)11-6-7-17-9-11/h4-7,9,13,17H,8,16H2,1-3H3. The van der Waals surface area contributed by atoms with Gasteiger partial charge in [-0.2, -0.15) is 0 Å². The van der Waals surface area contributed by atoms with Crippen LogP contribution in [0.15, 0.2) is 30.6 Å². The average Bonchev–Trinajstić information content (AvgIpc) is 2.94. The predicted molar refractivity (Wildman–Crippen MR) is 76.0 cm³/mol. The van der Waals surface area contributed by atoms with Crippen molar-refractivity contribution in [3.8, 4) is 11.5 Å². The normalized spacial score (nSPS) is 12.2. The molecule has 0 bridgehead atoms. The number of nitrogens with two attached hydrogens (primary N) is 1. The molecule has 2 aromatic rings. The summed E-state index contributed by atoms with van der Waals surface area (Å²) in [5.41, 5.74) is 9.18. The van der Waals surface area contributed by atoms with Crippen molar-refractivity contribution in [3.63, 3.8) is 0 Å². The highest BCUT2D eigenvalue weighted by Gasteiger charge is 2.20. The highest BCUT2D eigenvalue weighted by molar-refractivity contribution is 5.52. The van der Waals surface area contributed by atoms with Crippen molar-refractivity contribution in [2.75, 3.05) is 20.8 Å². The summed E-state index contributed by atoms with van der Waals surface area (Å²) in [6, 6.07) is 6.02. The van der Waals surface area contributed by atoms with Gasteiger partial charge in [-0.1, -0.05) is 6.07 Å². The Labute approximate surface area is 113 Å². The molecule has 1 aromatic carbocycles. The van der Waals surface area contributed by atoms with Gasteiger partial charge < -0.3 is 20.2 Å². The van der Waals surface area contributed by atoms with Gasteiger partial charge in [0.1, 0.15) is 11.5 Å². The summed E-state index contributed by atoms with van der Waals surface area (Å²) in [4.78, 5) is 3.07. The van der Waals surface area contributed by atoms with E-state index < -0.39 is 0 Å². The largest absolute Gasteiger partial charge is 0.496 e. The highest BCUT2D eigenvalue weighted by atomic mass is 16.5. The molecule has 0 aliphatic rings. The number of aromatic nitrogens is 1.